The second kappa shape index (κ2) is 10.5. The van der Waals surface area contributed by atoms with Crippen LogP contribution < -0.4 is 4.74 Å². The molecule has 0 atom stereocenters. The predicted octanol–water partition coefficient (Wildman–Crippen LogP) is 5.95. The number of ether oxygens (including phenoxy) is 1. The van der Waals surface area contributed by atoms with Crippen molar-refractivity contribution in [3.05, 3.63) is 98.5 Å². The first-order chi connectivity index (χ1) is 15.5. The maximum Gasteiger partial charge on any atom is 0.253 e. The van der Waals surface area contributed by atoms with Crippen LogP contribution in [0.15, 0.2) is 71.2 Å². The highest BCUT2D eigenvalue weighted by molar-refractivity contribution is 9.10. The Labute approximate surface area is 202 Å². The van der Waals surface area contributed by atoms with E-state index >= 15 is 0 Å². The van der Waals surface area contributed by atoms with Crippen LogP contribution in [0, 0.1) is 6.92 Å². The summed E-state index contributed by atoms with van der Waals surface area (Å²) in [6.07, 6.45) is 0. The molecule has 166 valence electrons. The Balaban J connectivity index is 1.33. The number of carbonyl (C=O) groups is 1. The zero-order valence-electron chi connectivity index (χ0n) is 18.1. The van der Waals surface area contributed by atoms with Crippen molar-refractivity contribution in [3.8, 4) is 5.75 Å². The molecule has 0 unspecified atom stereocenters. The number of benzene rings is 3. The van der Waals surface area contributed by atoms with E-state index in [2.05, 4.69) is 39.0 Å². The molecule has 0 aliphatic carbocycles. The lowest BCUT2D eigenvalue weighted by molar-refractivity contribution is 0.0628. The maximum absolute atomic E-state index is 13.1. The molecule has 0 bridgehead atoms. The molecular weight excluding hydrogens is 488 g/mol. The molecular formula is C26H26BrClN2O2. The van der Waals surface area contributed by atoms with Crippen molar-refractivity contribution in [1.29, 1.82) is 0 Å². The van der Waals surface area contributed by atoms with Gasteiger partial charge < -0.3 is 9.64 Å². The van der Waals surface area contributed by atoms with Gasteiger partial charge in [-0.15, -0.1) is 0 Å². The molecule has 0 aromatic heterocycles. The normalized spacial score (nSPS) is 14.4. The summed E-state index contributed by atoms with van der Waals surface area (Å²) >= 11 is 9.64. The van der Waals surface area contributed by atoms with E-state index in [0.717, 1.165) is 54.1 Å². The topological polar surface area (TPSA) is 32.8 Å². The molecule has 1 fully saturated rings. The summed E-state index contributed by atoms with van der Waals surface area (Å²) in [4.78, 5) is 17.4. The van der Waals surface area contributed by atoms with Crippen LogP contribution in [0.3, 0.4) is 0 Å². The summed E-state index contributed by atoms with van der Waals surface area (Å²) in [6.45, 7) is 6.46. The summed E-state index contributed by atoms with van der Waals surface area (Å²) < 4.78 is 7.08. The summed E-state index contributed by atoms with van der Waals surface area (Å²) in [7, 11) is 0. The molecule has 0 radical (unpaired) electrons. The van der Waals surface area contributed by atoms with Gasteiger partial charge in [-0.05, 0) is 60.0 Å². The molecule has 0 spiro atoms. The molecule has 3 aromatic carbocycles. The van der Waals surface area contributed by atoms with Crippen LogP contribution in [0.2, 0.25) is 5.02 Å². The van der Waals surface area contributed by atoms with Gasteiger partial charge in [0.25, 0.3) is 5.91 Å². The van der Waals surface area contributed by atoms with Gasteiger partial charge in [-0.3, -0.25) is 9.69 Å². The third kappa shape index (κ3) is 5.71. The second-order valence-corrected chi connectivity index (χ2v) is 9.35. The molecule has 4 rings (SSSR count). The van der Waals surface area contributed by atoms with Crippen molar-refractivity contribution in [2.45, 2.75) is 20.1 Å². The van der Waals surface area contributed by atoms with Crippen LogP contribution in [-0.4, -0.2) is 41.9 Å². The van der Waals surface area contributed by atoms with Crippen LogP contribution in [-0.2, 0) is 13.2 Å². The molecule has 0 saturated carbocycles. The Morgan fingerprint density at radius 2 is 1.78 bits per heavy atom. The van der Waals surface area contributed by atoms with Gasteiger partial charge in [0.2, 0.25) is 0 Å². The van der Waals surface area contributed by atoms with Crippen LogP contribution in [0.25, 0.3) is 0 Å². The van der Waals surface area contributed by atoms with Gasteiger partial charge in [0.05, 0.1) is 0 Å². The van der Waals surface area contributed by atoms with Crippen molar-refractivity contribution in [1.82, 2.24) is 9.80 Å². The zero-order chi connectivity index (χ0) is 22.5. The molecule has 32 heavy (non-hydrogen) atoms. The molecule has 1 aliphatic heterocycles. The number of hydrogen-bond donors (Lipinski definition) is 0. The number of nitrogens with zero attached hydrogens (tertiary/aromatic N) is 2. The first-order valence-electron chi connectivity index (χ1n) is 10.7. The molecule has 0 N–H and O–H groups in total. The van der Waals surface area contributed by atoms with Gasteiger partial charge in [-0.25, -0.2) is 0 Å². The Morgan fingerprint density at radius 3 is 2.53 bits per heavy atom. The number of hydrogen-bond acceptors (Lipinski definition) is 3. The lowest BCUT2D eigenvalue weighted by atomic mass is 10.1. The molecule has 3 aromatic rings. The molecule has 1 amide bonds. The molecule has 1 aliphatic rings. The molecule has 1 saturated heterocycles. The molecule has 4 nitrogen and oxygen atoms in total. The van der Waals surface area contributed by atoms with E-state index < -0.39 is 0 Å². The average Bonchev–Trinajstić information content (AvgIpc) is 2.80. The number of rotatable bonds is 6. The first-order valence-corrected chi connectivity index (χ1v) is 11.9. The quantitative estimate of drug-likeness (QED) is 0.408. The minimum atomic E-state index is 0.0788. The van der Waals surface area contributed by atoms with E-state index in [1.807, 2.05) is 60.4 Å². The molecule has 6 heteroatoms. The van der Waals surface area contributed by atoms with Gasteiger partial charge in [-0.1, -0.05) is 57.9 Å². The van der Waals surface area contributed by atoms with Crippen molar-refractivity contribution in [3.63, 3.8) is 0 Å². The SMILES string of the molecule is Cc1cc(Cl)ccc1OCc1cccc(C(=O)N2CCN(Cc3ccccc3Br)CC2)c1. The number of amides is 1. The highest BCUT2D eigenvalue weighted by Crippen LogP contribution is 2.23. The lowest BCUT2D eigenvalue weighted by Crippen LogP contribution is -2.48. The minimum Gasteiger partial charge on any atom is -0.489 e. The van der Waals surface area contributed by atoms with Crippen molar-refractivity contribution in [2.24, 2.45) is 0 Å². The van der Waals surface area contributed by atoms with Gasteiger partial charge in [0.15, 0.2) is 0 Å². The van der Waals surface area contributed by atoms with Crippen molar-refractivity contribution >= 4 is 33.4 Å². The Morgan fingerprint density at radius 1 is 1.00 bits per heavy atom. The monoisotopic (exact) mass is 512 g/mol. The third-order valence-corrected chi connectivity index (χ3v) is 6.73. The van der Waals surface area contributed by atoms with Gasteiger partial charge in [0.1, 0.15) is 12.4 Å². The van der Waals surface area contributed by atoms with Crippen LogP contribution in [0.1, 0.15) is 27.0 Å². The van der Waals surface area contributed by atoms with Crippen molar-refractivity contribution < 1.29 is 9.53 Å². The fraction of sp³-hybridized carbons (Fsp3) is 0.269. The van der Waals surface area contributed by atoms with E-state index in [1.54, 1.807) is 0 Å². The van der Waals surface area contributed by atoms with Gasteiger partial charge >= 0.3 is 0 Å². The number of piperazine rings is 1. The second-order valence-electron chi connectivity index (χ2n) is 8.06. The summed E-state index contributed by atoms with van der Waals surface area (Å²) in [6, 6.07) is 21.6. The average molecular weight is 514 g/mol. The summed E-state index contributed by atoms with van der Waals surface area (Å²) in [5, 5.41) is 0.693. The summed E-state index contributed by atoms with van der Waals surface area (Å²) in [5.74, 6) is 0.877. The van der Waals surface area contributed by atoms with Crippen molar-refractivity contribution in [2.75, 3.05) is 26.2 Å². The van der Waals surface area contributed by atoms with Crippen LogP contribution in [0.4, 0.5) is 0 Å². The Hall–Kier alpha value is -2.34. The largest absolute Gasteiger partial charge is 0.489 e. The van der Waals surface area contributed by atoms with Gasteiger partial charge in [0, 0.05) is 47.8 Å². The molecule has 1 heterocycles. The van der Waals surface area contributed by atoms with Crippen LogP contribution in [0.5, 0.6) is 5.75 Å². The predicted molar refractivity (Wildman–Crippen MR) is 132 cm³/mol. The smallest absolute Gasteiger partial charge is 0.253 e. The fourth-order valence-corrected chi connectivity index (χ4v) is 4.53. The maximum atomic E-state index is 13.1. The standard InChI is InChI=1S/C26H26BrClN2O2/c1-19-15-23(28)9-10-25(19)32-18-20-5-4-7-21(16-20)26(31)30-13-11-29(12-14-30)17-22-6-2-3-8-24(22)27/h2-10,15-16H,11-14,17-18H2,1H3. The number of aryl methyl sites for hydroxylation is 1. The Kier molecular flexibility index (Phi) is 7.51. The summed E-state index contributed by atoms with van der Waals surface area (Å²) in [5.41, 5.74) is 3.94. The third-order valence-electron chi connectivity index (χ3n) is 5.72. The number of halogens is 2. The van der Waals surface area contributed by atoms with E-state index in [0.29, 0.717) is 17.2 Å². The van der Waals surface area contributed by atoms with Gasteiger partial charge in [-0.2, -0.15) is 0 Å². The first kappa shape index (κ1) is 22.8. The highest BCUT2D eigenvalue weighted by atomic mass is 79.9. The van der Waals surface area contributed by atoms with Crippen LogP contribution >= 0.6 is 27.5 Å². The number of carbonyl (C=O) groups excluding carboxylic acids is 1. The highest BCUT2D eigenvalue weighted by Gasteiger charge is 2.22. The lowest BCUT2D eigenvalue weighted by Gasteiger charge is -2.35. The van der Waals surface area contributed by atoms with E-state index in [4.69, 9.17) is 16.3 Å². The van der Waals surface area contributed by atoms with E-state index in [-0.39, 0.29) is 5.91 Å². The van der Waals surface area contributed by atoms with E-state index in [9.17, 15) is 4.79 Å². The zero-order valence-corrected chi connectivity index (χ0v) is 20.4. The Bertz CT molecular complexity index is 1100. The minimum absolute atomic E-state index is 0.0788. The fourth-order valence-electron chi connectivity index (χ4n) is 3.89. The van der Waals surface area contributed by atoms with E-state index in [1.165, 1.54) is 5.56 Å².